The molecule has 0 aliphatic carbocycles. The Kier molecular flexibility index (Phi) is 84.2. The molecule has 2 aromatic rings. The first-order valence-electron chi connectivity index (χ1n) is 48.7. The largest absolute Gasteiger partial charge is 0.507 e. The van der Waals surface area contributed by atoms with Crippen molar-refractivity contribution < 1.29 is 72.3 Å². The molecular formula is C114H164N2O15. The number of unbranched alkanes of at least 4 members (excludes halogenated alkanes) is 12. The maximum absolute atomic E-state index is 13.4. The number of phenols is 1. The molecule has 0 spiro atoms. The molecule has 2 rings (SSSR count). The fourth-order valence-electron chi connectivity index (χ4n) is 11.9. The molecule has 0 saturated carbocycles. The topological polar surface area (TPSA) is 247 Å². The number of esters is 5. The van der Waals surface area contributed by atoms with Gasteiger partial charge in [-0.15, -0.1) is 0 Å². The van der Waals surface area contributed by atoms with Gasteiger partial charge in [0.25, 0.3) is 0 Å². The van der Waals surface area contributed by atoms with Crippen molar-refractivity contribution in [3.63, 3.8) is 0 Å². The fraction of sp³-hybridized carbons (Fsp3) is 0.474. The Bertz CT molecular complexity index is 4000. The molecular weight excluding hydrogens is 1640 g/mol. The average molecular weight is 1800 g/mol. The zero-order valence-corrected chi connectivity index (χ0v) is 81.0. The number of carboxylic acid groups (broad SMARTS) is 1. The molecule has 0 saturated heterocycles. The number of carbonyl (C=O) groups excluding carboxylic acids is 7. The van der Waals surface area contributed by atoms with Crippen LogP contribution in [0.1, 0.15) is 359 Å². The third-order valence-electron chi connectivity index (χ3n) is 19.0. The summed E-state index contributed by atoms with van der Waals surface area (Å²) < 4.78 is 26.8. The number of anilines is 2. The Balaban J connectivity index is 0.00000219. The van der Waals surface area contributed by atoms with Crippen molar-refractivity contribution in [2.24, 2.45) is 0 Å². The van der Waals surface area contributed by atoms with Crippen molar-refractivity contribution in [3.05, 3.63) is 291 Å². The SMILES string of the molecule is CC/C=C\C/C=C\C/C=C\C/C=C\C/C=C\CCCC(=O)Nc1ccc(O)c(C(=O)OC(C)OC(=O)CCCCCCC)c1.CC/C=C\C/C=C\C/C=C\C/C=C\C/C=C\CCCC(=O)Nc1ccc(OC(=O)CCC/C=C\C/C=C\C/C=C\C/C=C\C/C=C\CC)c(C(=O)OC(C)OC(=O)CCCCCCC)c1.CC/C=C\C/C=C\C/C=C\C/C=C\C/C=C\CCCC(=O)O. The quantitative estimate of drug-likeness (QED) is 0.0120. The lowest BCUT2D eigenvalue weighted by Gasteiger charge is -2.16. The second-order valence-electron chi connectivity index (χ2n) is 31.1. The maximum atomic E-state index is 13.4. The van der Waals surface area contributed by atoms with Gasteiger partial charge in [0.05, 0.1) is 0 Å². The van der Waals surface area contributed by atoms with E-state index in [4.69, 9.17) is 28.8 Å². The lowest BCUT2D eigenvalue weighted by molar-refractivity contribution is -0.167. The number of amides is 2. The fourth-order valence-corrected chi connectivity index (χ4v) is 11.9. The van der Waals surface area contributed by atoms with Crippen LogP contribution < -0.4 is 15.4 Å². The monoisotopic (exact) mass is 1800 g/mol. The number of nitrogens with one attached hydrogen (secondary N) is 2. The van der Waals surface area contributed by atoms with Gasteiger partial charge in [0.1, 0.15) is 22.6 Å². The van der Waals surface area contributed by atoms with Crippen molar-refractivity contribution in [1.29, 1.82) is 0 Å². The molecule has 17 nitrogen and oxygen atoms in total. The number of aliphatic carboxylic acids is 1. The molecule has 720 valence electrons. The van der Waals surface area contributed by atoms with Gasteiger partial charge >= 0.3 is 35.8 Å². The van der Waals surface area contributed by atoms with Gasteiger partial charge in [0.2, 0.25) is 24.4 Å². The highest BCUT2D eigenvalue weighted by molar-refractivity contribution is 5.98. The molecule has 0 heterocycles. The summed E-state index contributed by atoms with van der Waals surface area (Å²) in [5, 5.41) is 24.2. The second kappa shape index (κ2) is 92.1. The van der Waals surface area contributed by atoms with Crippen LogP contribution >= 0.6 is 0 Å². The molecule has 2 unspecified atom stereocenters. The van der Waals surface area contributed by atoms with Crippen LogP contribution in [0.25, 0.3) is 0 Å². The van der Waals surface area contributed by atoms with Crippen molar-refractivity contribution in [1.82, 2.24) is 0 Å². The molecule has 0 fully saturated rings. The third-order valence-corrected chi connectivity index (χ3v) is 19.0. The second-order valence-corrected chi connectivity index (χ2v) is 31.1. The number of hydrogen-bond donors (Lipinski definition) is 4. The highest BCUT2D eigenvalue weighted by Gasteiger charge is 2.23. The molecule has 17 heteroatoms. The lowest BCUT2D eigenvalue weighted by Crippen LogP contribution is -2.22. The normalized spacial score (nSPS) is 12.8. The van der Waals surface area contributed by atoms with Crippen LogP contribution in [0, 0.1) is 0 Å². The first-order chi connectivity index (χ1) is 63.9. The molecule has 4 N–H and O–H groups in total. The Hall–Kier alpha value is -11.2. The summed E-state index contributed by atoms with van der Waals surface area (Å²) in [6, 6.07) is 8.65. The smallest absolute Gasteiger partial charge is 0.345 e. The van der Waals surface area contributed by atoms with E-state index in [1.54, 1.807) is 6.07 Å². The Morgan fingerprint density at radius 1 is 0.282 bits per heavy atom. The summed E-state index contributed by atoms with van der Waals surface area (Å²) in [5.41, 5.74) is 0.539. The van der Waals surface area contributed by atoms with Gasteiger partial charge in [0.15, 0.2) is 0 Å². The number of phenolic OH excluding ortho intramolecular Hbond substituents is 1. The van der Waals surface area contributed by atoms with Gasteiger partial charge in [0, 0.05) is 63.7 Å². The standard InChI is InChI=1S/C57H81NO7.C37H53NO6.C20H30O2/c1-5-8-11-14-16-18-20-22-24-26-28-30-32-34-36-39-41-44-54(59)58-51-47-48-53(52(49-51)57(62)64-50(4)63-55(60)45-42-38-13-10-7-3)65-56(61)46-43-40-37-35-33-31-29-27-25-23-21-19-17-15-12-9-6-2;1-4-6-8-10-11-12-13-14-15-16-17-18-19-20-21-23-24-26-35(40)38-32-28-29-34(39)33(30-32)37(42)44-31(3)43-36(41)27-25-22-9-7-5-2;1-2-3-4-5-6-7-8-9-10-11-12-13-14-15-16-17-18-19-20(21)22/h8-9,11-12,16-19,22-25,28-31,34-37,47-50H,5-7,10,13-15,20-21,26-27,32-33,38-46H2,1-4H3,(H,58,59);6,8,11-12,14-15,17-18,20-21,28-31,39H,4-5,7,9-10,13,16,19,22-27H2,1-3H3,(H,38,40);3-4,6-7,9-10,12-13,15-16H,2,5,8,11,14,17-19H2,1H3,(H,21,22)/b11-8-,12-9-,18-16-,19-17-,24-22-,25-23-,30-28-,31-29-,36-34-,37-35-;8-6-,12-11-,15-14-,18-17-,21-20-;4-3-,7-6-,10-9-,13-12-,16-15-. The summed E-state index contributed by atoms with van der Waals surface area (Å²) in [4.78, 5) is 98.8. The lowest BCUT2D eigenvalue weighted by atomic mass is 10.1. The minimum Gasteiger partial charge on any atom is -0.507 e. The average Bonchev–Trinajstić information content (AvgIpc) is 0.830. The molecule has 0 aliphatic rings. The van der Waals surface area contributed by atoms with Gasteiger partial charge in [-0.1, -0.05) is 336 Å². The van der Waals surface area contributed by atoms with Gasteiger partial charge in [-0.25, -0.2) is 9.59 Å². The van der Waals surface area contributed by atoms with Crippen molar-refractivity contribution in [2.75, 3.05) is 10.6 Å². The third kappa shape index (κ3) is 81.8. The van der Waals surface area contributed by atoms with E-state index < -0.39 is 48.4 Å². The zero-order valence-electron chi connectivity index (χ0n) is 81.0. The van der Waals surface area contributed by atoms with Gasteiger partial charge in [-0.05, 0) is 229 Å². The van der Waals surface area contributed by atoms with Crippen molar-refractivity contribution in [2.45, 2.75) is 350 Å². The van der Waals surface area contributed by atoms with E-state index in [0.29, 0.717) is 49.9 Å². The highest BCUT2D eigenvalue weighted by Crippen LogP contribution is 2.27. The minimum atomic E-state index is -1.16. The Morgan fingerprint density at radius 3 is 0.832 bits per heavy atom. The summed E-state index contributed by atoms with van der Waals surface area (Å²) >= 11 is 0. The Labute approximate surface area is 789 Å². The molecule has 2 amide bonds. The molecule has 0 bridgehead atoms. The van der Waals surface area contributed by atoms with E-state index in [9.17, 15) is 43.5 Å². The van der Waals surface area contributed by atoms with Gasteiger partial charge < -0.3 is 44.5 Å². The number of ether oxygens (including phenoxy) is 5. The van der Waals surface area contributed by atoms with Crippen LogP contribution in [0.15, 0.2) is 279 Å². The number of hydrogen-bond acceptors (Lipinski definition) is 14. The van der Waals surface area contributed by atoms with E-state index >= 15 is 0 Å². The predicted molar refractivity (Wildman–Crippen MR) is 547 cm³/mol. The van der Waals surface area contributed by atoms with Crippen molar-refractivity contribution in [3.8, 4) is 11.5 Å². The minimum absolute atomic E-state index is 0.000668. The number of carboxylic acids is 1. The number of rotatable bonds is 73. The van der Waals surface area contributed by atoms with Crippen molar-refractivity contribution >= 4 is 59.0 Å². The molecule has 131 heavy (non-hydrogen) atoms. The van der Waals surface area contributed by atoms with E-state index in [2.05, 4.69) is 289 Å². The van der Waals surface area contributed by atoms with Crippen LogP contribution in [0.2, 0.25) is 0 Å². The maximum Gasteiger partial charge on any atom is 0.345 e. The van der Waals surface area contributed by atoms with Crippen LogP contribution in [0.4, 0.5) is 11.4 Å². The summed E-state index contributed by atoms with van der Waals surface area (Å²) in [5.74, 6) is -4.48. The first-order valence-corrected chi connectivity index (χ1v) is 48.7. The molecule has 0 radical (unpaired) electrons. The number of allylic oxidation sites excluding steroid dienone is 40. The summed E-state index contributed by atoms with van der Waals surface area (Å²) in [6.45, 7) is 15.7. The van der Waals surface area contributed by atoms with E-state index in [-0.39, 0.29) is 66.5 Å². The van der Waals surface area contributed by atoms with E-state index in [1.807, 2.05) is 6.08 Å². The van der Waals surface area contributed by atoms with Crippen LogP contribution in [-0.2, 0) is 47.7 Å². The number of aromatic hydroxyl groups is 1. The van der Waals surface area contributed by atoms with Crippen LogP contribution in [-0.4, -0.2) is 70.4 Å². The number of benzene rings is 2. The first kappa shape index (κ1) is 120. The molecule has 0 aliphatic heterocycles. The van der Waals surface area contributed by atoms with E-state index in [1.165, 1.54) is 44.2 Å². The van der Waals surface area contributed by atoms with Crippen LogP contribution in [0.5, 0.6) is 11.5 Å². The molecule has 2 atom stereocenters. The van der Waals surface area contributed by atoms with E-state index in [0.717, 1.165) is 212 Å². The molecule has 0 aromatic heterocycles. The predicted octanol–water partition coefficient (Wildman–Crippen LogP) is 31.4. The van der Waals surface area contributed by atoms with Gasteiger partial charge in [-0.3, -0.25) is 28.8 Å². The number of carbonyl (C=O) groups is 8. The molecule has 2 aromatic carbocycles. The zero-order chi connectivity index (χ0) is 95.8. The Morgan fingerprint density at radius 2 is 0.534 bits per heavy atom. The summed E-state index contributed by atoms with van der Waals surface area (Å²) in [6.07, 6.45) is 120. The van der Waals surface area contributed by atoms with Crippen LogP contribution in [0.3, 0.4) is 0 Å². The summed E-state index contributed by atoms with van der Waals surface area (Å²) in [7, 11) is 0. The highest BCUT2D eigenvalue weighted by atomic mass is 16.7. The van der Waals surface area contributed by atoms with Gasteiger partial charge in [-0.2, -0.15) is 0 Å².